The van der Waals surface area contributed by atoms with E-state index in [0.717, 1.165) is 17.3 Å². The summed E-state index contributed by atoms with van der Waals surface area (Å²) in [7, 11) is 0. The lowest BCUT2D eigenvalue weighted by Gasteiger charge is -2.51. The van der Waals surface area contributed by atoms with Gasteiger partial charge in [-0.3, -0.25) is 9.47 Å². The highest BCUT2D eigenvalue weighted by Crippen LogP contribution is 2.48. The first-order valence-corrected chi connectivity index (χ1v) is 21.3. The monoisotopic (exact) mass is 770 g/mol. The predicted octanol–water partition coefficient (Wildman–Crippen LogP) is 5.41. The van der Waals surface area contributed by atoms with Crippen molar-refractivity contribution in [2.24, 2.45) is 0 Å². The van der Waals surface area contributed by atoms with Gasteiger partial charge in [0.1, 0.15) is 11.6 Å². The van der Waals surface area contributed by atoms with E-state index in [9.17, 15) is 0 Å². The van der Waals surface area contributed by atoms with E-state index in [1.807, 2.05) is 0 Å². The summed E-state index contributed by atoms with van der Waals surface area (Å²) in [6, 6.07) is 60.5. The molecule has 0 saturated carbocycles. The van der Waals surface area contributed by atoms with Crippen LogP contribution in [0.2, 0.25) is 0 Å². The van der Waals surface area contributed by atoms with Crippen molar-refractivity contribution >= 4 is 142 Å². The molecule has 0 atom stereocenters. The van der Waals surface area contributed by atoms with Gasteiger partial charge in [-0.05, 0) is 97.7 Å². The molecule has 61 heavy (non-hydrogen) atoms. The molecule has 6 aliphatic heterocycles. The van der Waals surface area contributed by atoms with Crippen molar-refractivity contribution in [3.05, 3.63) is 176 Å². The summed E-state index contributed by atoms with van der Waals surface area (Å²) in [5.41, 5.74) is 23.7. The molecule has 0 saturated heterocycles. The van der Waals surface area contributed by atoms with Gasteiger partial charge in [-0.25, -0.2) is 9.97 Å². The van der Waals surface area contributed by atoms with Crippen LogP contribution in [0.15, 0.2) is 176 Å². The maximum atomic E-state index is 5.62. The molecule has 0 aliphatic carbocycles. The average molecular weight is 770 g/mol. The predicted molar refractivity (Wildman–Crippen MR) is 254 cm³/mol. The quantitative estimate of drug-likeness (QED) is 0.209. The Kier molecular flexibility index (Phi) is 5.47. The lowest BCUT2D eigenvalue weighted by atomic mass is 9.28. The van der Waals surface area contributed by atoms with Gasteiger partial charge in [0.2, 0.25) is 0 Å². The molecule has 0 fully saturated rings. The Balaban J connectivity index is 1.04. The summed E-state index contributed by atoms with van der Waals surface area (Å²) in [5.74, 6) is 2.02. The number of rotatable bonds is 1. The van der Waals surface area contributed by atoms with E-state index >= 15 is 0 Å². The van der Waals surface area contributed by atoms with E-state index in [1.54, 1.807) is 0 Å². The Morgan fingerprint density at radius 3 is 1.51 bits per heavy atom. The van der Waals surface area contributed by atoms with E-state index < -0.39 is 0 Å². The molecule has 0 N–H and O–H groups in total. The standard InChI is InChI=1S/C52H29B3N6/c1-2-14-30(15-3-1)58-40-23-9-5-18-33(40)53-34-19-6-10-24-41(34)59-43-26-13-27-44-45(43)55(37-28-56-51(58)46(53)49(37)59)38-29-57-52-47-50(38)60(44)42-25-11-7-20-35(42)54(47)36-21-12-17-32-31-16-4-8-22-39(31)61(52)48(32)36/h1-29H. The van der Waals surface area contributed by atoms with Crippen molar-refractivity contribution in [3.63, 3.8) is 0 Å². The van der Waals surface area contributed by atoms with Gasteiger partial charge in [0.25, 0.3) is 20.1 Å². The SMILES string of the molecule is c1ccc(N2c3ccccc3B3c4ccccc4N4c5cccc6c5B(c5cnc2c3c54)c2cnc3c4c2N6c2ccccc2B4c2cccc4c5ccccc5n-3c24)cc1. The van der Waals surface area contributed by atoms with E-state index in [1.165, 1.54) is 111 Å². The van der Waals surface area contributed by atoms with E-state index in [4.69, 9.17) is 9.97 Å². The van der Waals surface area contributed by atoms with Gasteiger partial charge in [0.15, 0.2) is 0 Å². The molecule has 0 amide bonds. The molecule has 3 aromatic heterocycles. The fourth-order valence-electron chi connectivity index (χ4n) is 12.5. The molecule has 9 heteroatoms. The number of anilines is 9. The van der Waals surface area contributed by atoms with Crippen LogP contribution in [-0.2, 0) is 0 Å². The number of fused-ring (bicyclic) bond motifs is 17. The summed E-state index contributed by atoms with van der Waals surface area (Å²) in [5, 5.41) is 2.54. The van der Waals surface area contributed by atoms with Crippen molar-refractivity contribution in [1.29, 1.82) is 0 Å². The molecule has 6 aliphatic rings. The molecule has 0 bridgehead atoms. The Hall–Kier alpha value is -7.77. The Morgan fingerprint density at radius 2 is 0.820 bits per heavy atom. The lowest BCUT2D eigenvalue weighted by Crippen LogP contribution is -2.71. The first-order valence-electron chi connectivity index (χ1n) is 21.3. The minimum absolute atomic E-state index is 0.0167. The first kappa shape index (κ1) is 31.2. The zero-order chi connectivity index (χ0) is 39.2. The molecule has 0 unspecified atom stereocenters. The van der Waals surface area contributed by atoms with Gasteiger partial charge in [-0.2, -0.15) is 0 Å². The van der Waals surface area contributed by atoms with Crippen LogP contribution in [0, 0.1) is 0 Å². The summed E-state index contributed by atoms with van der Waals surface area (Å²) in [4.78, 5) is 18.7. The van der Waals surface area contributed by atoms with Crippen LogP contribution in [0.1, 0.15) is 0 Å². The fourth-order valence-corrected chi connectivity index (χ4v) is 12.5. The van der Waals surface area contributed by atoms with Crippen molar-refractivity contribution in [1.82, 2.24) is 14.5 Å². The van der Waals surface area contributed by atoms with Crippen molar-refractivity contribution in [2.45, 2.75) is 0 Å². The molecule has 16 rings (SSSR count). The molecule has 9 heterocycles. The zero-order valence-corrected chi connectivity index (χ0v) is 32.7. The van der Waals surface area contributed by atoms with Crippen molar-refractivity contribution in [2.75, 3.05) is 14.7 Å². The maximum Gasteiger partial charge on any atom is 0.256 e. The normalized spacial score (nSPS) is 14.7. The van der Waals surface area contributed by atoms with E-state index in [2.05, 4.69) is 195 Å². The maximum absolute atomic E-state index is 5.62. The van der Waals surface area contributed by atoms with Gasteiger partial charge in [0, 0.05) is 68.7 Å². The number of hydrogen-bond acceptors (Lipinski definition) is 5. The number of pyridine rings is 2. The number of hydrogen-bond donors (Lipinski definition) is 0. The highest BCUT2D eigenvalue weighted by Gasteiger charge is 2.54. The molecular formula is C52H29B3N6. The molecule has 6 nitrogen and oxygen atoms in total. The first-order chi connectivity index (χ1) is 30.3. The van der Waals surface area contributed by atoms with Crippen molar-refractivity contribution in [3.8, 4) is 5.82 Å². The van der Waals surface area contributed by atoms with Gasteiger partial charge < -0.3 is 9.80 Å². The van der Waals surface area contributed by atoms with Crippen molar-refractivity contribution < 1.29 is 0 Å². The van der Waals surface area contributed by atoms with E-state index in [0.29, 0.717) is 0 Å². The second kappa shape index (κ2) is 10.7. The van der Waals surface area contributed by atoms with Gasteiger partial charge in [-0.1, -0.05) is 115 Å². The topological polar surface area (TPSA) is 40.4 Å². The summed E-state index contributed by atoms with van der Waals surface area (Å²) >= 11 is 0. The minimum atomic E-state index is -0.0861. The number of nitrogens with zero attached hydrogens (tertiary/aromatic N) is 6. The summed E-state index contributed by atoms with van der Waals surface area (Å²) in [6.07, 6.45) is 4.42. The molecule has 0 spiro atoms. The number of para-hydroxylation sites is 6. The number of aromatic nitrogens is 3. The second-order valence-electron chi connectivity index (χ2n) is 17.2. The average Bonchev–Trinajstić information content (AvgIpc) is 3.67. The highest BCUT2D eigenvalue weighted by molar-refractivity contribution is 7.06. The van der Waals surface area contributed by atoms with Crippen LogP contribution < -0.4 is 63.9 Å². The Labute approximate surface area is 352 Å². The van der Waals surface area contributed by atoms with Crippen LogP contribution in [0.25, 0.3) is 27.6 Å². The van der Waals surface area contributed by atoms with Gasteiger partial charge in [0.05, 0.1) is 11.0 Å². The second-order valence-corrected chi connectivity index (χ2v) is 17.2. The molecule has 7 aromatic carbocycles. The summed E-state index contributed by atoms with van der Waals surface area (Å²) in [6.45, 7) is -0.0393. The third-order valence-corrected chi connectivity index (χ3v) is 14.6. The van der Waals surface area contributed by atoms with Crippen LogP contribution in [0.4, 0.5) is 51.3 Å². The zero-order valence-electron chi connectivity index (χ0n) is 32.7. The Bertz CT molecular complexity index is 3680. The van der Waals surface area contributed by atoms with Crippen LogP contribution in [-0.4, -0.2) is 34.7 Å². The summed E-state index contributed by atoms with van der Waals surface area (Å²) < 4.78 is 2.45. The minimum Gasteiger partial charge on any atom is -0.312 e. The smallest absolute Gasteiger partial charge is 0.256 e. The molecule has 10 aromatic rings. The Morgan fingerprint density at radius 1 is 0.344 bits per heavy atom. The van der Waals surface area contributed by atoms with Crippen LogP contribution in [0.5, 0.6) is 0 Å². The third kappa shape index (κ3) is 3.49. The van der Waals surface area contributed by atoms with Crippen LogP contribution in [0.3, 0.4) is 0 Å². The fraction of sp³-hybridized carbons (Fsp3) is 0. The lowest BCUT2D eigenvalue weighted by molar-refractivity contribution is 1.09. The third-order valence-electron chi connectivity index (χ3n) is 14.6. The molecular weight excluding hydrogens is 741 g/mol. The number of benzene rings is 7. The van der Waals surface area contributed by atoms with Crippen LogP contribution >= 0.6 is 0 Å². The molecule has 276 valence electrons. The largest absolute Gasteiger partial charge is 0.312 e. The van der Waals surface area contributed by atoms with E-state index in [-0.39, 0.29) is 20.1 Å². The van der Waals surface area contributed by atoms with Gasteiger partial charge in [-0.15, -0.1) is 0 Å². The molecule has 0 radical (unpaired) electrons. The highest BCUT2D eigenvalue weighted by atomic mass is 15.2. The van der Waals surface area contributed by atoms with Gasteiger partial charge >= 0.3 is 0 Å².